The van der Waals surface area contributed by atoms with Crippen LogP contribution in [0.3, 0.4) is 0 Å². The number of rotatable bonds is 8. The van der Waals surface area contributed by atoms with Crippen LogP contribution in [0, 0.1) is 0 Å². The Hall–Kier alpha value is -0.630. The molecule has 2 heteroatoms. The Labute approximate surface area is 80.7 Å². The number of hydrogen-bond acceptors (Lipinski definition) is 2. The summed E-state index contributed by atoms with van der Waals surface area (Å²) in [5.41, 5.74) is 0. The van der Waals surface area contributed by atoms with E-state index >= 15 is 0 Å². The summed E-state index contributed by atoms with van der Waals surface area (Å²) in [5, 5.41) is 8.50. The second kappa shape index (κ2) is 9.46. The summed E-state index contributed by atoms with van der Waals surface area (Å²) in [6.07, 6.45) is 9.27. The van der Waals surface area contributed by atoms with Crippen LogP contribution in [0.1, 0.15) is 45.4 Å². The van der Waals surface area contributed by atoms with Crippen molar-refractivity contribution in [3.05, 3.63) is 12.2 Å². The summed E-state index contributed by atoms with van der Waals surface area (Å²) in [4.78, 5) is 10.9. The van der Waals surface area contributed by atoms with Crippen molar-refractivity contribution < 1.29 is 9.90 Å². The Kier molecular flexibility index (Phi) is 9.00. The van der Waals surface area contributed by atoms with Crippen LogP contribution in [-0.2, 0) is 4.79 Å². The largest absolute Gasteiger partial charge is 0.396 e. The maximum absolute atomic E-state index is 10.9. The molecule has 0 aliphatic carbocycles. The summed E-state index contributed by atoms with van der Waals surface area (Å²) in [6.45, 7) is 2.18. The molecule has 0 bridgehead atoms. The molecule has 0 spiro atoms. The van der Waals surface area contributed by atoms with Gasteiger partial charge in [0.2, 0.25) is 0 Å². The van der Waals surface area contributed by atoms with Gasteiger partial charge in [0.25, 0.3) is 0 Å². The molecule has 0 aromatic heterocycles. The SMILES string of the molecule is CCC(=O)CC/C=C/CCCCO. The number of carbonyl (C=O) groups excluding carboxylic acids is 1. The van der Waals surface area contributed by atoms with E-state index in [9.17, 15) is 4.79 Å². The van der Waals surface area contributed by atoms with Gasteiger partial charge in [-0.15, -0.1) is 0 Å². The third-order valence-electron chi connectivity index (χ3n) is 1.93. The summed E-state index contributed by atoms with van der Waals surface area (Å²) < 4.78 is 0. The Morgan fingerprint density at radius 1 is 1.23 bits per heavy atom. The molecule has 0 aromatic carbocycles. The van der Waals surface area contributed by atoms with Gasteiger partial charge in [0.1, 0.15) is 5.78 Å². The van der Waals surface area contributed by atoms with E-state index in [1.807, 2.05) is 6.92 Å². The summed E-state index contributed by atoms with van der Waals surface area (Å²) in [5.74, 6) is 0.333. The van der Waals surface area contributed by atoms with Gasteiger partial charge in [-0.25, -0.2) is 0 Å². The Morgan fingerprint density at radius 3 is 2.54 bits per heavy atom. The molecule has 0 aromatic rings. The molecule has 0 amide bonds. The highest BCUT2D eigenvalue weighted by Gasteiger charge is 1.93. The van der Waals surface area contributed by atoms with Gasteiger partial charge in [0, 0.05) is 19.4 Å². The van der Waals surface area contributed by atoms with E-state index in [1.54, 1.807) is 0 Å². The van der Waals surface area contributed by atoms with Crippen LogP contribution in [0.2, 0.25) is 0 Å². The lowest BCUT2D eigenvalue weighted by Crippen LogP contribution is -1.92. The number of allylic oxidation sites excluding steroid dienone is 2. The Bertz CT molecular complexity index is 150. The number of carbonyl (C=O) groups is 1. The molecule has 1 N–H and O–H groups in total. The van der Waals surface area contributed by atoms with Crippen LogP contribution in [0.25, 0.3) is 0 Å². The zero-order chi connectivity index (χ0) is 9.94. The monoisotopic (exact) mass is 184 g/mol. The number of hydrogen-bond donors (Lipinski definition) is 1. The number of aliphatic hydroxyl groups is 1. The quantitative estimate of drug-likeness (QED) is 0.465. The predicted molar refractivity (Wildman–Crippen MR) is 54.6 cm³/mol. The molecule has 0 unspecified atom stereocenters. The molecule has 76 valence electrons. The molecule has 0 radical (unpaired) electrons. The Balaban J connectivity index is 3.17. The van der Waals surface area contributed by atoms with E-state index in [2.05, 4.69) is 12.2 Å². The minimum absolute atomic E-state index is 0.280. The maximum Gasteiger partial charge on any atom is 0.132 e. The molecule has 0 saturated carbocycles. The normalized spacial score (nSPS) is 10.9. The fourth-order valence-electron chi connectivity index (χ4n) is 1.03. The van der Waals surface area contributed by atoms with E-state index in [0.29, 0.717) is 18.6 Å². The molecule has 2 nitrogen and oxygen atoms in total. The van der Waals surface area contributed by atoms with Crippen molar-refractivity contribution in [1.29, 1.82) is 0 Å². The zero-order valence-corrected chi connectivity index (χ0v) is 8.46. The average Bonchev–Trinajstić information content (AvgIpc) is 2.16. The van der Waals surface area contributed by atoms with E-state index in [0.717, 1.165) is 25.7 Å². The highest BCUT2D eigenvalue weighted by molar-refractivity contribution is 5.78. The highest BCUT2D eigenvalue weighted by Crippen LogP contribution is 1.99. The predicted octanol–water partition coefficient (Wildman–Crippen LogP) is 2.46. The number of unbranched alkanes of at least 4 members (excludes halogenated alkanes) is 2. The first-order valence-corrected chi connectivity index (χ1v) is 5.08. The lowest BCUT2D eigenvalue weighted by molar-refractivity contribution is -0.118. The number of Topliss-reactive ketones (excluding diaryl/α,β-unsaturated/α-hetero) is 1. The first-order chi connectivity index (χ1) is 6.31. The molecule has 0 atom stereocenters. The van der Waals surface area contributed by atoms with Gasteiger partial charge in [0.15, 0.2) is 0 Å². The molecule has 13 heavy (non-hydrogen) atoms. The molecular weight excluding hydrogens is 164 g/mol. The van der Waals surface area contributed by atoms with Crippen molar-refractivity contribution in [1.82, 2.24) is 0 Å². The van der Waals surface area contributed by atoms with E-state index in [4.69, 9.17) is 5.11 Å². The van der Waals surface area contributed by atoms with Gasteiger partial charge in [-0.3, -0.25) is 4.79 Å². The van der Waals surface area contributed by atoms with Gasteiger partial charge >= 0.3 is 0 Å². The standard InChI is InChI=1S/C11H20O2/c1-2-11(13)9-7-5-3-4-6-8-10-12/h3,5,12H,2,4,6-10H2,1H3/b5-3+. The number of ketones is 1. The van der Waals surface area contributed by atoms with E-state index in [1.165, 1.54) is 0 Å². The van der Waals surface area contributed by atoms with Gasteiger partial charge in [0.05, 0.1) is 0 Å². The third kappa shape index (κ3) is 9.28. The second-order valence-corrected chi connectivity index (χ2v) is 3.12. The summed E-state index contributed by atoms with van der Waals surface area (Å²) >= 11 is 0. The topological polar surface area (TPSA) is 37.3 Å². The lowest BCUT2D eigenvalue weighted by atomic mass is 10.1. The lowest BCUT2D eigenvalue weighted by Gasteiger charge is -1.93. The van der Waals surface area contributed by atoms with Crippen molar-refractivity contribution in [2.45, 2.75) is 45.4 Å². The van der Waals surface area contributed by atoms with Crippen LogP contribution < -0.4 is 0 Å². The molecule has 0 heterocycles. The molecule has 0 saturated heterocycles. The van der Waals surface area contributed by atoms with Gasteiger partial charge in [-0.05, 0) is 25.7 Å². The molecule has 0 aliphatic rings. The van der Waals surface area contributed by atoms with E-state index < -0.39 is 0 Å². The second-order valence-electron chi connectivity index (χ2n) is 3.12. The van der Waals surface area contributed by atoms with Crippen LogP contribution in [0.15, 0.2) is 12.2 Å². The van der Waals surface area contributed by atoms with Gasteiger partial charge in [-0.2, -0.15) is 0 Å². The minimum atomic E-state index is 0.280. The third-order valence-corrected chi connectivity index (χ3v) is 1.93. The van der Waals surface area contributed by atoms with Crippen LogP contribution in [0.5, 0.6) is 0 Å². The molecule has 0 rings (SSSR count). The van der Waals surface area contributed by atoms with Crippen LogP contribution in [-0.4, -0.2) is 17.5 Å². The van der Waals surface area contributed by atoms with E-state index in [-0.39, 0.29) is 6.61 Å². The molecular formula is C11H20O2. The molecule has 0 aliphatic heterocycles. The van der Waals surface area contributed by atoms with Crippen molar-refractivity contribution in [3.8, 4) is 0 Å². The van der Waals surface area contributed by atoms with Gasteiger partial charge < -0.3 is 5.11 Å². The van der Waals surface area contributed by atoms with Crippen molar-refractivity contribution >= 4 is 5.78 Å². The summed E-state index contributed by atoms with van der Waals surface area (Å²) in [6, 6.07) is 0. The first kappa shape index (κ1) is 12.4. The highest BCUT2D eigenvalue weighted by atomic mass is 16.2. The molecule has 0 fully saturated rings. The smallest absolute Gasteiger partial charge is 0.132 e. The summed E-state index contributed by atoms with van der Waals surface area (Å²) in [7, 11) is 0. The van der Waals surface area contributed by atoms with Crippen molar-refractivity contribution in [3.63, 3.8) is 0 Å². The van der Waals surface area contributed by atoms with Gasteiger partial charge in [-0.1, -0.05) is 19.1 Å². The van der Waals surface area contributed by atoms with Crippen molar-refractivity contribution in [2.24, 2.45) is 0 Å². The minimum Gasteiger partial charge on any atom is -0.396 e. The van der Waals surface area contributed by atoms with Crippen LogP contribution >= 0.6 is 0 Å². The fourth-order valence-corrected chi connectivity index (χ4v) is 1.03. The first-order valence-electron chi connectivity index (χ1n) is 5.08. The Morgan fingerprint density at radius 2 is 1.92 bits per heavy atom. The van der Waals surface area contributed by atoms with Crippen molar-refractivity contribution in [2.75, 3.05) is 6.61 Å². The number of aliphatic hydroxyl groups excluding tert-OH is 1. The van der Waals surface area contributed by atoms with Crippen LogP contribution in [0.4, 0.5) is 0 Å². The zero-order valence-electron chi connectivity index (χ0n) is 8.46. The average molecular weight is 184 g/mol. The fraction of sp³-hybridized carbons (Fsp3) is 0.727. The maximum atomic E-state index is 10.9.